The van der Waals surface area contributed by atoms with Crippen molar-refractivity contribution in [2.45, 2.75) is 6.18 Å². The van der Waals surface area contributed by atoms with E-state index >= 15 is 0 Å². The zero-order valence-corrected chi connectivity index (χ0v) is 17.5. The molecule has 1 aliphatic heterocycles. The van der Waals surface area contributed by atoms with Gasteiger partial charge in [-0.15, -0.1) is 0 Å². The fourth-order valence-corrected chi connectivity index (χ4v) is 3.39. The largest absolute Gasteiger partial charge is 0.417 e. The van der Waals surface area contributed by atoms with Gasteiger partial charge in [0.25, 0.3) is 5.91 Å². The lowest BCUT2D eigenvalue weighted by atomic mass is 10.2. The summed E-state index contributed by atoms with van der Waals surface area (Å²) in [4.78, 5) is 31.3. The van der Waals surface area contributed by atoms with E-state index in [9.17, 15) is 27.2 Å². The first kappa shape index (κ1) is 23.6. The van der Waals surface area contributed by atoms with Gasteiger partial charge in [-0.3, -0.25) is 4.79 Å². The normalized spacial score (nSPS) is 14.3. The van der Waals surface area contributed by atoms with E-state index in [0.29, 0.717) is 31.7 Å². The van der Waals surface area contributed by atoms with Crippen LogP contribution >= 0.6 is 11.6 Å². The molecule has 32 heavy (non-hydrogen) atoms. The fraction of sp³-hybridized carbons (Fsp3) is 0.350. The van der Waals surface area contributed by atoms with Crippen molar-refractivity contribution in [2.75, 3.05) is 44.2 Å². The number of pyridine rings is 1. The van der Waals surface area contributed by atoms with E-state index in [4.69, 9.17) is 11.6 Å². The molecule has 3 rings (SSSR count). The van der Waals surface area contributed by atoms with Gasteiger partial charge in [0.1, 0.15) is 11.6 Å². The molecule has 2 aromatic rings. The standard InChI is InChI=1S/C20H20ClF4N5O2/c21-16-11-14(20(23,24)25)12-28-17(16)29-7-9-30(10-8-29)19(32)27-6-5-26-18(31)13-1-3-15(22)4-2-13/h1-4,11-12H,5-10H2,(H,26,31)(H,27,32). The molecule has 0 bridgehead atoms. The molecular formula is C20H20ClF4N5O2. The molecule has 1 aliphatic rings. The first-order valence-electron chi connectivity index (χ1n) is 9.69. The minimum Gasteiger partial charge on any atom is -0.352 e. The molecule has 1 fully saturated rings. The Hall–Kier alpha value is -3.08. The summed E-state index contributed by atoms with van der Waals surface area (Å²) in [6.45, 7) is 1.74. The summed E-state index contributed by atoms with van der Waals surface area (Å²) in [5.41, 5.74) is -0.611. The van der Waals surface area contributed by atoms with Crippen molar-refractivity contribution >= 4 is 29.4 Å². The van der Waals surface area contributed by atoms with Crippen LogP contribution in [0.3, 0.4) is 0 Å². The predicted octanol–water partition coefficient (Wildman–Crippen LogP) is 3.15. The number of halogens is 5. The van der Waals surface area contributed by atoms with E-state index in [1.165, 1.54) is 24.3 Å². The number of piperazine rings is 1. The molecule has 1 aromatic carbocycles. The van der Waals surface area contributed by atoms with Crippen molar-refractivity contribution in [3.8, 4) is 0 Å². The number of hydrogen-bond acceptors (Lipinski definition) is 4. The van der Waals surface area contributed by atoms with Crippen LogP contribution in [-0.2, 0) is 6.18 Å². The first-order valence-corrected chi connectivity index (χ1v) is 10.1. The molecular weight excluding hydrogens is 454 g/mol. The number of carbonyl (C=O) groups is 2. The van der Waals surface area contributed by atoms with Gasteiger partial charge >= 0.3 is 12.2 Å². The van der Waals surface area contributed by atoms with Gasteiger partial charge in [-0.2, -0.15) is 13.2 Å². The molecule has 2 heterocycles. The van der Waals surface area contributed by atoms with Gasteiger partial charge in [0.15, 0.2) is 0 Å². The number of nitrogens with one attached hydrogen (secondary N) is 2. The zero-order chi connectivity index (χ0) is 23.3. The number of nitrogens with zero attached hydrogens (tertiary/aromatic N) is 3. The van der Waals surface area contributed by atoms with E-state index in [2.05, 4.69) is 15.6 Å². The van der Waals surface area contributed by atoms with Crippen LogP contribution in [0.4, 0.5) is 28.2 Å². The van der Waals surface area contributed by atoms with Gasteiger partial charge in [0.05, 0.1) is 10.6 Å². The Balaban J connectivity index is 1.42. The summed E-state index contributed by atoms with van der Waals surface area (Å²) in [5.74, 6) is -0.581. The number of amides is 3. The van der Waals surface area contributed by atoms with Gasteiger partial charge in [0.2, 0.25) is 0 Å². The van der Waals surface area contributed by atoms with E-state index in [0.717, 1.165) is 12.3 Å². The predicted molar refractivity (Wildman–Crippen MR) is 110 cm³/mol. The summed E-state index contributed by atoms with van der Waals surface area (Å²) in [7, 11) is 0. The molecule has 2 N–H and O–H groups in total. The molecule has 0 spiro atoms. The van der Waals surface area contributed by atoms with Gasteiger partial charge in [-0.1, -0.05) is 11.6 Å². The Morgan fingerprint density at radius 1 is 1.03 bits per heavy atom. The van der Waals surface area contributed by atoms with E-state index in [1.807, 2.05) is 0 Å². The number of alkyl halides is 3. The summed E-state index contributed by atoms with van der Waals surface area (Å²) in [6, 6.07) is 5.60. The topological polar surface area (TPSA) is 77.6 Å². The lowest BCUT2D eigenvalue weighted by molar-refractivity contribution is -0.137. The lowest BCUT2D eigenvalue weighted by Crippen LogP contribution is -2.52. The third-order valence-electron chi connectivity index (χ3n) is 4.81. The average molecular weight is 474 g/mol. The number of anilines is 1. The molecule has 7 nitrogen and oxygen atoms in total. The summed E-state index contributed by atoms with van der Waals surface area (Å²) < 4.78 is 51.1. The smallest absolute Gasteiger partial charge is 0.352 e. The second kappa shape index (κ2) is 10.0. The maximum Gasteiger partial charge on any atom is 0.417 e. The van der Waals surface area contributed by atoms with E-state index in [1.54, 1.807) is 9.80 Å². The fourth-order valence-electron chi connectivity index (χ4n) is 3.10. The van der Waals surface area contributed by atoms with Crippen LogP contribution in [0.25, 0.3) is 0 Å². The SMILES string of the molecule is O=C(NCCNC(=O)N1CCN(c2ncc(C(F)(F)F)cc2Cl)CC1)c1ccc(F)cc1. The van der Waals surface area contributed by atoms with Crippen LogP contribution in [-0.4, -0.2) is 61.1 Å². The molecule has 172 valence electrons. The highest BCUT2D eigenvalue weighted by atomic mass is 35.5. The van der Waals surface area contributed by atoms with Crippen molar-refractivity contribution in [1.29, 1.82) is 0 Å². The first-order chi connectivity index (χ1) is 15.1. The summed E-state index contributed by atoms with van der Waals surface area (Å²) in [6.07, 6.45) is -3.79. The van der Waals surface area contributed by atoms with Crippen LogP contribution in [0.2, 0.25) is 5.02 Å². The second-order valence-corrected chi connectivity index (χ2v) is 7.40. The Labute approximate surface area is 186 Å². The Morgan fingerprint density at radius 2 is 1.66 bits per heavy atom. The number of aromatic nitrogens is 1. The highest BCUT2D eigenvalue weighted by molar-refractivity contribution is 6.33. The number of urea groups is 1. The van der Waals surface area contributed by atoms with Gasteiger partial charge < -0.3 is 20.4 Å². The number of hydrogen-bond donors (Lipinski definition) is 2. The van der Waals surface area contributed by atoms with Crippen LogP contribution in [0.15, 0.2) is 36.5 Å². The monoisotopic (exact) mass is 473 g/mol. The van der Waals surface area contributed by atoms with Gasteiger partial charge in [0, 0.05) is 51.0 Å². The van der Waals surface area contributed by atoms with Crippen molar-refractivity contribution in [1.82, 2.24) is 20.5 Å². The Kier molecular flexibility index (Phi) is 7.39. The maximum absolute atomic E-state index is 12.9. The average Bonchev–Trinajstić information content (AvgIpc) is 2.76. The van der Waals surface area contributed by atoms with Crippen LogP contribution < -0.4 is 15.5 Å². The van der Waals surface area contributed by atoms with Crippen molar-refractivity contribution < 1.29 is 27.2 Å². The summed E-state index contributed by atoms with van der Waals surface area (Å²) in [5, 5.41) is 5.20. The maximum atomic E-state index is 12.9. The van der Waals surface area contributed by atoms with Gasteiger partial charge in [-0.25, -0.2) is 14.2 Å². The molecule has 0 atom stereocenters. The number of benzene rings is 1. The molecule has 1 aromatic heterocycles. The number of carbonyl (C=O) groups excluding carboxylic acids is 2. The van der Waals surface area contributed by atoms with Crippen molar-refractivity contribution in [3.05, 3.63) is 58.5 Å². The van der Waals surface area contributed by atoms with Crippen LogP contribution in [0, 0.1) is 5.82 Å². The highest BCUT2D eigenvalue weighted by Crippen LogP contribution is 2.33. The molecule has 3 amide bonds. The summed E-state index contributed by atoms with van der Waals surface area (Å²) >= 11 is 5.98. The van der Waals surface area contributed by atoms with Crippen molar-refractivity contribution in [3.63, 3.8) is 0 Å². The number of rotatable bonds is 5. The highest BCUT2D eigenvalue weighted by Gasteiger charge is 2.32. The minimum atomic E-state index is -4.52. The molecule has 0 saturated carbocycles. The zero-order valence-electron chi connectivity index (χ0n) is 16.8. The van der Waals surface area contributed by atoms with Gasteiger partial charge in [-0.05, 0) is 30.3 Å². The Morgan fingerprint density at radius 3 is 2.25 bits per heavy atom. The Bertz CT molecular complexity index is 963. The molecule has 0 aliphatic carbocycles. The third kappa shape index (κ3) is 6.00. The minimum absolute atomic E-state index is 0.102. The van der Waals surface area contributed by atoms with Crippen molar-refractivity contribution in [2.24, 2.45) is 0 Å². The molecule has 12 heteroatoms. The molecule has 0 unspecified atom stereocenters. The quantitative estimate of drug-likeness (QED) is 0.516. The van der Waals surface area contributed by atoms with E-state index < -0.39 is 17.6 Å². The third-order valence-corrected chi connectivity index (χ3v) is 5.09. The lowest BCUT2D eigenvalue weighted by Gasteiger charge is -2.35. The molecule has 0 radical (unpaired) electrons. The second-order valence-electron chi connectivity index (χ2n) is 7.00. The molecule has 1 saturated heterocycles. The van der Waals surface area contributed by atoms with Crippen LogP contribution in [0.1, 0.15) is 15.9 Å². The van der Waals surface area contributed by atoms with E-state index in [-0.39, 0.29) is 35.9 Å². The van der Waals surface area contributed by atoms with Crippen LogP contribution in [0.5, 0.6) is 0 Å².